The first-order valence-electron chi connectivity index (χ1n) is 7.90. The van der Waals surface area contributed by atoms with E-state index < -0.39 is 12.1 Å². The molecule has 0 spiro atoms. The fraction of sp³-hybridized carbons (Fsp3) is 0.867. The third-order valence-electron chi connectivity index (χ3n) is 4.39. The number of hydrogen-bond donors (Lipinski definition) is 2. The minimum Gasteiger partial charge on any atom is -0.450 e. The standard InChI is InChI=1S/C15H26N2O3/c1-11-13(14(18)16-11)17-15(19)20-10-6-5-9-12-7-3-2-4-8-12/h11-13H,2-10H2,1H3,(H,16,18)(H,17,19). The Kier molecular flexibility index (Phi) is 5.68. The predicted molar refractivity (Wildman–Crippen MR) is 76.3 cm³/mol. The lowest BCUT2D eigenvalue weighted by atomic mass is 9.86. The quantitative estimate of drug-likeness (QED) is 0.580. The summed E-state index contributed by atoms with van der Waals surface area (Å²) in [4.78, 5) is 22.6. The SMILES string of the molecule is CC1NC(=O)C1NC(=O)OCCCCC1CCCCC1. The largest absolute Gasteiger partial charge is 0.450 e. The van der Waals surface area contributed by atoms with E-state index in [0.29, 0.717) is 6.61 Å². The van der Waals surface area contributed by atoms with E-state index >= 15 is 0 Å². The van der Waals surface area contributed by atoms with Gasteiger partial charge in [0.05, 0.1) is 12.6 Å². The van der Waals surface area contributed by atoms with Crippen LogP contribution in [0.2, 0.25) is 0 Å². The molecule has 5 nitrogen and oxygen atoms in total. The molecule has 2 fully saturated rings. The van der Waals surface area contributed by atoms with E-state index in [0.717, 1.165) is 18.8 Å². The number of hydrogen-bond acceptors (Lipinski definition) is 3. The summed E-state index contributed by atoms with van der Waals surface area (Å²) in [6.45, 7) is 2.30. The molecule has 5 heteroatoms. The van der Waals surface area contributed by atoms with E-state index in [1.54, 1.807) is 0 Å². The number of nitrogens with one attached hydrogen (secondary N) is 2. The van der Waals surface area contributed by atoms with Crippen molar-refractivity contribution in [1.82, 2.24) is 10.6 Å². The van der Waals surface area contributed by atoms with E-state index in [-0.39, 0.29) is 11.9 Å². The third-order valence-corrected chi connectivity index (χ3v) is 4.39. The van der Waals surface area contributed by atoms with E-state index in [4.69, 9.17) is 4.74 Å². The van der Waals surface area contributed by atoms with Gasteiger partial charge in [-0.1, -0.05) is 38.5 Å². The molecular weight excluding hydrogens is 256 g/mol. The van der Waals surface area contributed by atoms with Gasteiger partial charge in [-0.25, -0.2) is 4.79 Å². The highest BCUT2D eigenvalue weighted by Gasteiger charge is 2.37. The first-order valence-corrected chi connectivity index (χ1v) is 7.90. The fourth-order valence-corrected chi connectivity index (χ4v) is 3.06. The molecule has 1 saturated heterocycles. The van der Waals surface area contributed by atoms with Gasteiger partial charge in [-0.3, -0.25) is 4.79 Å². The average Bonchev–Trinajstić information content (AvgIpc) is 2.46. The van der Waals surface area contributed by atoms with Crippen LogP contribution < -0.4 is 10.6 Å². The zero-order valence-electron chi connectivity index (χ0n) is 12.3. The van der Waals surface area contributed by atoms with E-state index in [1.807, 2.05) is 6.92 Å². The van der Waals surface area contributed by atoms with Crippen LogP contribution in [0, 0.1) is 5.92 Å². The first-order chi connectivity index (χ1) is 9.66. The number of rotatable bonds is 6. The number of alkyl carbamates (subject to hydrolysis) is 1. The number of unbranched alkanes of at least 4 members (excludes halogenated alkanes) is 1. The highest BCUT2D eigenvalue weighted by molar-refractivity contribution is 5.92. The Morgan fingerprint density at radius 3 is 2.70 bits per heavy atom. The molecular formula is C15H26N2O3. The van der Waals surface area contributed by atoms with Crippen molar-refractivity contribution >= 4 is 12.0 Å². The van der Waals surface area contributed by atoms with Gasteiger partial charge in [-0.15, -0.1) is 0 Å². The maximum Gasteiger partial charge on any atom is 0.407 e. The van der Waals surface area contributed by atoms with Crippen LogP contribution in [0.5, 0.6) is 0 Å². The van der Waals surface area contributed by atoms with Crippen LogP contribution >= 0.6 is 0 Å². The van der Waals surface area contributed by atoms with Crippen molar-refractivity contribution in [2.75, 3.05) is 6.61 Å². The van der Waals surface area contributed by atoms with Crippen LogP contribution in [0.25, 0.3) is 0 Å². The molecule has 0 aromatic carbocycles. The minimum absolute atomic E-state index is 0.00125. The first kappa shape index (κ1) is 15.1. The van der Waals surface area contributed by atoms with E-state index in [2.05, 4.69) is 10.6 Å². The van der Waals surface area contributed by atoms with Gasteiger partial charge < -0.3 is 15.4 Å². The highest BCUT2D eigenvalue weighted by atomic mass is 16.5. The Hall–Kier alpha value is -1.26. The topological polar surface area (TPSA) is 67.4 Å². The molecule has 2 amide bonds. The van der Waals surface area contributed by atoms with Crippen LogP contribution in [0.3, 0.4) is 0 Å². The van der Waals surface area contributed by atoms with Gasteiger partial charge in [-0.05, 0) is 25.7 Å². The molecule has 1 saturated carbocycles. The van der Waals surface area contributed by atoms with E-state index in [1.165, 1.54) is 38.5 Å². The van der Waals surface area contributed by atoms with Gasteiger partial charge in [0, 0.05) is 0 Å². The Morgan fingerprint density at radius 2 is 2.05 bits per heavy atom. The summed E-state index contributed by atoms with van der Waals surface area (Å²) < 4.78 is 5.10. The second-order valence-electron chi connectivity index (χ2n) is 6.06. The molecule has 2 aliphatic rings. The summed E-state index contributed by atoms with van der Waals surface area (Å²) in [5.74, 6) is 0.754. The van der Waals surface area contributed by atoms with Crippen molar-refractivity contribution < 1.29 is 14.3 Å². The fourth-order valence-electron chi connectivity index (χ4n) is 3.06. The normalized spacial score (nSPS) is 26.6. The molecule has 1 aliphatic heterocycles. The second-order valence-corrected chi connectivity index (χ2v) is 6.06. The third kappa shape index (κ3) is 4.39. The summed E-state index contributed by atoms with van der Waals surface area (Å²) in [6.07, 6.45) is 9.71. The Balaban J connectivity index is 1.48. The van der Waals surface area contributed by atoms with Gasteiger partial charge >= 0.3 is 6.09 Å². The minimum atomic E-state index is -0.477. The Labute approximate surface area is 120 Å². The average molecular weight is 282 g/mol. The van der Waals surface area contributed by atoms with Gasteiger partial charge in [0.2, 0.25) is 5.91 Å². The number of carbonyl (C=O) groups excluding carboxylic acids is 2. The lowest BCUT2D eigenvalue weighted by Gasteiger charge is -2.33. The predicted octanol–water partition coefficient (Wildman–Crippen LogP) is 2.35. The monoisotopic (exact) mass is 282 g/mol. The smallest absolute Gasteiger partial charge is 0.407 e. The van der Waals surface area contributed by atoms with Gasteiger partial charge in [0.1, 0.15) is 6.04 Å². The van der Waals surface area contributed by atoms with Crippen molar-refractivity contribution in [3.05, 3.63) is 0 Å². The van der Waals surface area contributed by atoms with Crippen molar-refractivity contribution in [3.8, 4) is 0 Å². The molecule has 114 valence electrons. The maximum absolute atomic E-state index is 11.5. The van der Waals surface area contributed by atoms with Crippen LogP contribution in [0.15, 0.2) is 0 Å². The van der Waals surface area contributed by atoms with E-state index in [9.17, 15) is 9.59 Å². The van der Waals surface area contributed by atoms with Crippen molar-refractivity contribution in [2.24, 2.45) is 5.92 Å². The molecule has 2 unspecified atom stereocenters. The second kappa shape index (κ2) is 7.50. The maximum atomic E-state index is 11.5. The molecule has 0 radical (unpaired) electrons. The zero-order chi connectivity index (χ0) is 14.4. The summed E-state index contributed by atoms with van der Waals surface area (Å²) in [7, 11) is 0. The molecule has 1 heterocycles. The summed E-state index contributed by atoms with van der Waals surface area (Å²) in [6, 6.07) is -0.425. The number of ether oxygens (including phenoxy) is 1. The molecule has 0 aromatic rings. The van der Waals surface area contributed by atoms with Crippen LogP contribution in [-0.4, -0.2) is 30.7 Å². The molecule has 20 heavy (non-hydrogen) atoms. The summed E-state index contributed by atoms with van der Waals surface area (Å²) >= 11 is 0. The highest BCUT2D eigenvalue weighted by Crippen LogP contribution is 2.27. The van der Waals surface area contributed by atoms with Gasteiger partial charge in [-0.2, -0.15) is 0 Å². The number of β-lactam (4-membered cyclic amide) rings is 1. The lowest BCUT2D eigenvalue weighted by molar-refractivity contribution is -0.131. The molecule has 2 atom stereocenters. The van der Waals surface area contributed by atoms with Crippen LogP contribution in [0.1, 0.15) is 58.3 Å². The molecule has 2 rings (SSSR count). The van der Waals surface area contributed by atoms with Crippen LogP contribution in [0.4, 0.5) is 4.79 Å². The summed E-state index contributed by atoms with van der Waals surface area (Å²) in [5.41, 5.74) is 0. The van der Waals surface area contributed by atoms with Crippen molar-refractivity contribution in [1.29, 1.82) is 0 Å². The zero-order valence-corrected chi connectivity index (χ0v) is 12.3. The van der Waals surface area contributed by atoms with Crippen molar-refractivity contribution in [3.63, 3.8) is 0 Å². The van der Waals surface area contributed by atoms with Gasteiger partial charge in [0.15, 0.2) is 0 Å². The number of amides is 2. The molecule has 0 aromatic heterocycles. The summed E-state index contributed by atoms with van der Waals surface area (Å²) in [5, 5.41) is 5.25. The molecule has 1 aliphatic carbocycles. The van der Waals surface area contributed by atoms with Crippen molar-refractivity contribution in [2.45, 2.75) is 70.4 Å². The van der Waals surface area contributed by atoms with Crippen LogP contribution in [-0.2, 0) is 9.53 Å². The Bertz CT molecular complexity index is 340. The van der Waals surface area contributed by atoms with Gasteiger partial charge in [0.25, 0.3) is 0 Å². The molecule has 2 N–H and O–H groups in total. The lowest BCUT2D eigenvalue weighted by Crippen LogP contribution is -2.67. The Morgan fingerprint density at radius 1 is 1.30 bits per heavy atom. The number of carbonyl (C=O) groups is 2. The molecule has 0 bridgehead atoms.